The van der Waals surface area contributed by atoms with Crippen molar-refractivity contribution in [3.8, 4) is 0 Å². The maximum Gasteiger partial charge on any atom is 0.213 e. The Bertz CT molecular complexity index is 839. The monoisotopic (exact) mass is 299 g/mol. The van der Waals surface area contributed by atoms with Crippen LogP contribution in [0.2, 0.25) is 5.02 Å². The topological polar surface area (TPSA) is 47.8 Å². The molecule has 106 valence electrons. The molecule has 0 radical (unpaired) electrons. The molecule has 5 heteroatoms. The minimum atomic E-state index is -0.124. The zero-order valence-corrected chi connectivity index (χ0v) is 12.6. The summed E-state index contributed by atoms with van der Waals surface area (Å²) >= 11 is 6.14. The number of hydrogen-bond acceptors (Lipinski definition) is 3. The number of rotatable bonds is 3. The van der Waals surface area contributed by atoms with Gasteiger partial charge in [-0.2, -0.15) is 5.10 Å². The minimum Gasteiger partial charge on any atom is -0.287 e. The summed E-state index contributed by atoms with van der Waals surface area (Å²) in [5.74, 6) is -0.124. The van der Waals surface area contributed by atoms with Gasteiger partial charge in [-0.3, -0.25) is 14.5 Å². The summed E-state index contributed by atoms with van der Waals surface area (Å²) in [7, 11) is 0. The summed E-state index contributed by atoms with van der Waals surface area (Å²) in [5.41, 5.74) is 2.64. The number of aromatic nitrogens is 3. The molecule has 0 unspecified atom stereocenters. The maximum atomic E-state index is 12.9. The molecule has 2 heterocycles. The van der Waals surface area contributed by atoms with Crippen LogP contribution in [0.25, 0.3) is 10.9 Å². The second-order valence-electron chi connectivity index (χ2n) is 4.81. The molecule has 4 nitrogen and oxygen atoms in total. The van der Waals surface area contributed by atoms with Gasteiger partial charge in [0.05, 0.1) is 16.7 Å². The van der Waals surface area contributed by atoms with Crippen LogP contribution in [0.5, 0.6) is 0 Å². The molecule has 0 bridgehead atoms. The summed E-state index contributed by atoms with van der Waals surface area (Å²) in [5, 5.41) is 5.33. The van der Waals surface area contributed by atoms with E-state index in [9.17, 15) is 4.79 Å². The van der Waals surface area contributed by atoms with E-state index < -0.39 is 0 Å². The molecule has 0 spiro atoms. The van der Waals surface area contributed by atoms with Gasteiger partial charge < -0.3 is 0 Å². The first-order chi connectivity index (χ1) is 10.1. The van der Waals surface area contributed by atoms with Gasteiger partial charge in [0.15, 0.2) is 0 Å². The summed E-state index contributed by atoms with van der Waals surface area (Å²) in [6.45, 7) is 4.40. The average molecular weight is 300 g/mol. The van der Waals surface area contributed by atoms with E-state index in [0.29, 0.717) is 22.8 Å². The third-order valence-electron chi connectivity index (χ3n) is 3.40. The number of pyridine rings is 1. The normalized spacial score (nSPS) is 11.0. The Labute approximate surface area is 127 Å². The lowest BCUT2D eigenvalue weighted by Gasteiger charge is -2.09. The molecule has 0 saturated carbocycles. The van der Waals surface area contributed by atoms with Crippen molar-refractivity contribution >= 4 is 28.3 Å². The van der Waals surface area contributed by atoms with E-state index >= 15 is 0 Å². The zero-order valence-electron chi connectivity index (χ0n) is 11.8. The quantitative estimate of drug-likeness (QED) is 0.694. The highest BCUT2D eigenvalue weighted by Gasteiger charge is 2.21. The molecule has 3 rings (SSSR count). The number of halogens is 1. The van der Waals surface area contributed by atoms with Gasteiger partial charge in [0.1, 0.15) is 5.69 Å². The van der Waals surface area contributed by atoms with Gasteiger partial charge in [-0.15, -0.1) is 0 Å². The number of benzene rings is 1. The standard InChI is InChI=1S/C16H14ClN3O/c1-3-20-15(13(17)9-18-20)16(21)12-8-10(2)19-14-7-5-4-6-11(12)14/h4-9H,3H2,1-2H3. The van der Waals surface area contributed by atoms with Crippen LogP contribution in [0.4, 0.5) is 0 Å². The third-order valence-corrected chi connectivity index (χ3v) is 3.67. The van der Waals surface area contributed by atoms with E-state index in [1.807, 2.05) is 38.1 Å². The second-order valence-corrected chi connectivity index (χ2v) is 5.22. The molecule has 2 aromatic heterocycles. The van der Waals surface area contributed by atoms with Crippen LogP contribution in [0.15, 0.2) is 36.5 Å². The first kappa shape index (κ1) is 13.8. The van der Waals surface area contributed by atoms with Gasteiger partial charge in [0.25, 0.3) is 0 Å². The smallest absolute Gasteiger partial charge is 0.213 e. The van der Waals surface area contributed by atoms with Crippen molar-refractivity contribution < 1.29 is 4.79 Å². The van der Waals surface area contributed by atoms with Crippen molar-refractivity contribution in [3.63, 3.8) is 0 Å². The number of hydrogen-bond donors (Lipinski definition) is 0. The number of aryl methyl sites for hydroxylation is 2. The number of fused-ring (bicyclic) bond motifs is 1. The Morgan fingerprint density at radius 3 is 2.86 bits per heavy atom. The van der Waals surface area contributed by atoms with Crippen LogP contribution in [-0.4, -0.2) is 20.5 Å². The summed E-state index contributed by atoms with van der Waals surface area (Å²) < 4.78 is 1.62. The molecule has 3 aromatic rings. The first-order valence-electron chi connectivity index (χ1n) is 6.74. The molecular formula is C16H14ClN3O. The molecular weight excluding hydrogens is 286 g/mol. The van der Waals surface area contributed by atoms with Crippen molar-refractivity contribution in [3.05, 3.63) is 58.5 Å². The predicted octanol–water partition coefficient (Wildman–Crippen LogP) is 3.64. The number of para-hydroxylation sites is 1. The van der Waals surface area contributed by atoms with Crippen LogP contribution in [0.3, 0.4) is 0 Å². The van der Waals surface area contributed by atoms with E-state index in [0.717, 1.165) is 16.6 Å². The Kier molecular flexibility index (Phi) is 3.47. The van der Waals surface area contributed by atoms with E-state index in [1.165, 1.54) is 6.20 Å². The zero-order chi connectivity index (χ0) is 15.0. The first-order valence-corrected chi connectivity index (χ1v) is 7.12. The summed E-state index contributed by atoms with van der Waals surface area (Å²) in [6, 6.07) is 9.41. The Balaban J connectivity index is 2.25. The van der Waals surface area contributed by atoms with Crippen LogP contribution in [0, 0.1) is 6.92 Å². The molecule has 0 atom stereocenters. The van der Waals surface area contributed by atoms with Crippen LogP contribution < -0.4 is 0 Å². The highest BCUT2D eigenvalue weighted by Crippen LogP contribution is 2.24. The highest BCUT2D eigenvalue weighted by molar-refractivity contribution is 6.35. The number of carbonyl (C=O) groups excluding carboxylic acids is 1. The molecule has 0 amide bonds. The largest absolute Gasteiger partial charge is 0.287 e. The number of nitrogens with zero attached hydrogens (tertiary/aromatic N) is 3. The number of ketones is 1. The predicted molar refractivity (Wildman–Crippen MR) is 82.8 cm³/mol. The second kappa shape index (κ2) is 5.30. The SMILES string of the molecule is CCn1ncc(Cl)c1C(=O)c1cc(C)nc2ccccc12. The van der Waals surface area contributed by atoms with Crippen molar-refractivity contribution in [1.82, 2.24) is 14.8 Å². The third kappa shape index (κ3) is 2.32. The molecule has 0 aliphatic rings. The van der Waals surface area contributed by atoms with Crippen LogP contribution in [-0.2, 0) is 6.54 Å². The Morgan fingerprint density at radius 1 is 1.33 bits per heavy atom. The lowest BCUT2D eigenvalue weighted by atomic mass is 10.0. The van der Waals surface area contributed by atoms with Crippen LogP contribution in [0.1, 0.15) is 28.7 Å². The molecule has 0 aliphatic carbocycles. The van der Waals surface area contributed by atoms with Gasteiger partial charge in [-0.1, -0.05) is 29.8 Å². The maximum absolute atomic E-state index is 12.9. The Hall–Kier alpha value is -2.20. The summed E-state index contributed by atoms with van der Waals surface area (Å²) in [6.07, 6.45) is 1.51. The fraction of sp³-hybridized carbons (Fsp3) is 0.188. The number of carbonyl (C=O) groups is 1. The molecule has 1 aromatic carbocycles. The molecule has 21 heavy (non-hydrogen) atoms. The lowest BCUT2D eigenvalue weighted by Crippen LogP contribution is -2.12. The van der Waals surface area contributed by atoms with Crippen molar-refractivity contribution in [2.24, 2.45) is 0 Å². The van der Waals surface area contributed by atoms with Gasteiger partial charge >= 0.3 is 0 Å². The van der Waals surface area contributed by atoms with Crippen LogP contribution >= 0.6 is 11.6 Å². The highest BCUT2D eigenvalue weighted by atomic mass is 35.5. The average Bonchev–Trinajstić information content (AvgIpc) is 2.86. The molecule has 0 N–H and O–H groups in total. The van der Waals surface area contributed by atoms with E-state index in [4.69, 9.17) is 11.6 Å². The van der Waals surface area contributed by atoms with Gasteiger partial charge in [0, 0.05) is 23.2 Å². The Morgan fingerprint density at radius 2 is 2.10 bits per heavy atom. The van der Waals surface area contributed by atoms with Crippen molar-refractivity contribution in [2.45, 2.75) is 20.4 Å². The summed E-state index contributed by atoms with van der Waals surface area (Å²) in [4.78, 5) is 17.4. The fourth-order valence-electron chi connectivity index (χ4n) is 2.45. The fourth-order valence-corrected chi connectivity index (χ4v) is 2.68. The minimum absolute atomic E-state index is 0.124. The lowest BCUT2D eigenvalue weighted by molar-refractivity contribution is 0.103. The van der Waals surface area contributed by atoms with E-state index in [1.54, 1.807) is 10.7 Å². The van der Waals surface area contributed by atoms with Gasteiger partial charge in [-0.25, -0.2) is 0 Å². The van der Waals surface area contributed by atoms with Crippen molar-refractivity contribution in [2.75, 3.05) is 0 Å². The van der Waals surface area contributed by atoms with E-state index in [-0.39, 0.29) is 5.78 Å². The molecule has 0 aliphatic heterocycles. The molecule has 0 saturated heterocycles. The van der Waals surface area contributed by atoms with Gasteiger partial charge in [0.2, 0.25) is 5.78 Å². The van der Waals surface area contributed by atoms with E-state index in [2.05, 4.69) is 10.1 Å². The molecule has 0 fully saturated rings. The van der Waals surface area contributed by atoms with Crippen molar-refractivity contribution in [1.29, 1.82) is 0 Å². The van der Waals surface area contributed by atoms with Gasteiger partial charge in [-0.05, 0) is 26.0 Å².